The van der Waals surface area contributed by atoms with Crippen molar-refractivity contribution in [3.8, 4) is 0 Å². The SMILES string of the molecule is CCSc1cc(SCC)c(C(N)=O)c(C(=O)NC)c1. The first-order chi connectivity index (χ1) is 9.04. The Balaban J connectivity index is 3.45. The van der Waals surface area contributed by atoms with Crippen LogP contribution < -0.4 is 11.1 Å². The van der Waals surface area contributed by atoms with Gasteiger partial charge < -0.3 is 11.1 Å². The van der Waals surface area contributed by atoms with E-state index < -0.39 is 5.91 Å². The minimum Gasteiger partial charge on any atom is -0.366 e. The predicted octanol–water partition coefficient (Wildman–Crippen LogP) is 2.37. The van der Waals surface area contributed by atoms with Crippen LogP contribution in [0.1, 0.15) is 34.6 Å². The molecule has 0 aliphatic rings. The molecule has 4 nitrogen and oxygen atoms in total. The van der Waals surface area contributed by atoms with Gasteiger partial charge in [-0.1, -0.05) is 13.8 Å². The molecule has 0 spiro atoms. The second-order valence-corrected chi connectivity index (χ2v) is 6.30. The summed E-state index contributed by atoms with van der Waals surface area (Å²) < 4.78 is 0. The third-order valence-electron chi connectivity index (χ3n) is 2.40. The number of amides is 2. The highest BCUT2D eigenvalue weighted by molar-refractivity contribution is 8.00. The Morgan fingerprint density at radius 1 is 1.21 bits per heavy atom. The van der Waals surface area contributed by atoms with Crippen molar-refractivity contribution >= 4 is 35.3 Å². The highest BCUT2D eigenvalue weighted by Crippen LogP contribution is 2.31. The molecule has 0 fully saturated rings. The predicted molar refractivity (Wildman–Crippen MR) is 81.1 cm³/mol. The number of rotatable bonds is 6. The van der Waals surface area contributed by atoms with E-state index in [2.05, 4.69) is 5.32 Å². The maximum absolute atomic E-state index is 11.9. The van der Waals surface area contributed by atoms with E-state index in [0.717, 1.165) is 21.3 Å². The number of benzene rings is 1. The molecule has 2 amide bonds. The average Bonchev–Trinajstić information content (AvgIpc) is 2.37. The van der Waals surface area contributed by atoms with Crippen molar-refractivity contribution < 1.29 is 9.59 Å². The van der Waals surface area contributed by atoms with E-state index in [4.69, 9.17) is 5.73 Å². The van der Waals surface area contributed by atoms with Crippen molar-refractivity contribution in [3.63, 3.8) is 0 Å². The third-order valence-corrected chi connectivity index (χ3v) is 4.18. The molecule has 0 saturated carbocycles. The summed E-state index contributed by atoms with van der Waals surface area (Å²) >= 11 is 3.15. The van der Waals surface area contributed by atoms with Crippen LogP contribution in [-0.2, 0) is 0 Å². The maximum atomic E-state index is 11.9. The second kappa shape index (κ2) is 7.45. The third kappa shape index (κ3) is 3.91. The van der Waals surface area contributed by atoms with Gasteiger partial charge in [0.05, 0.1) is 11.1 Å². The summed E-state index contributed by atoms with van der Waals surface area (Å²) in [4.78, 5) is 25.3. The zero-order chi connectivity index (χ0) is 14.4. The van der Waals surface area contributed by atoms with Gasteiger partial charge in [-0.25, -0.2) is 0 Å². The first-order valence-electron chi connectivity index (χ1n) is 6.00. The van der Waals surface area contributed by atoms with E-state index in [1.54, 1.807) is 24.9 Å². The van der Waals surface area contributed by atoms with Gasteiger partial charge in [0, 0.05) is 16.8 Å². The molecular weight excluding hydrogens is 280 g/mol. The molecule has 1 rings (SSSR count). The van der Waals surface area contributed by atoms with Crippen molar-refractivity contribution in [3.05, 3.63) is 23.3 Å². The van der Waals surface area contributed by atoms with Crippen LogP contribution in [0.3, 0.4) is 0 Å². The van der Waals surface area contributed by atoms with Crippen LogP contribution in [0, 0.1) is 0 Å². The van der Waals surface area contributed by atoms with Gasteiger partial charge in [-0.3, -0.25) is 9.59 Å². The maximum Gasteiger partial charge on any atom is 0.251 e. The Morgan fingerprint density at radius 3 is 2.32 bits per heavy atom. The molecule has 6 heteroatoms. The molecule has 19 heavy (non-hydrogen) atoms. The first-order valence-corrected chi connectivity index (χ1v) is 7.97. The van der Waals surface area contributed by atoms with Gasteiger partial charge in [-0.15, -0.1) is 23.5 Å². The Hall–Kier alpha value is -1.14. The number of carbonyl (C=O) groups excluding carboxylic acids is 2. The largest absolute Gasteiger partial charge is 0.366 e. The van der Waals surface area contributed by atoms with Gasteiger partial charge >= 0.3 is 0 Å². The van der Waals surface area contributed by atoms with E-state index in [1.807, 2.05) is 19.9 Å². The van der Waals surface area contributed by atoms with Gasteiger partial charge in [0.2, 0.25) is 0 Å². The number of thioether (sulfide) groups is 2. The molecule has 3 N–H and O–H groups in total. The topological polar surface area (TPSA) is 72.2 Å². The minimum atomic E-state index is -0.567. The molecule has 0 aliphatic carbocycles. The molecule has 0 unspecified atom stereocenters. The van der Waals surface area contributed by atoms with Crippen LogP contribution in [0.5, 0.6) is 0 Å². The molecule has 1 aromatic carbocycles. The highest BCUT2D eigenvalue weighted by Gasteiger charge is 2.20. The quantitative estimate of drug-likeness (QED) is 0.791. The number of nitrogens with two attached hydrogens (primary N) is 1. The molecule has 104 valence electrons. The Labute approximate surface area is 121 Å². The summed E-state index contributed by atoms with van der Waals surface area (Å²) in [5.41, 5.74) is 6.09. The van der Waals surface area contributed by atoms with Crippen LogP contribution in [0.4, 0.5) is 0 Å². The number of hydrogen-bond donors (Lipinski definition) is 2. The average molecular weight is 298 g/mol. The smallest absolute Gasteiger partial charge is 0.251 e. The summed E-state index contributed by atoms with van der Waals surface area (Å²) in [6.07, 6.45) is 0. The minimum absolute atomic E-state index is 0.287. The fraction of sp³-hybridized carbons (Fsp3) is 0.385. The monoisotopic (exact) mass is 298 g/mol. The zero-order valence-corrected chi connectivity index (χ0v) is 12.9. The van der Waals surface area contributed by atoms with Crippen molar-refractivity contribution in [2.24, 2.45) is 5.73 Å². The fourth-order valence-corrected chi connectivity index (χ4v) is 3.36. The van der Waals surface area contributed by atoms with Crippen LogP contribution >= 0.6 is 23.5 Å². The van der Waals surface area contributed by atoms with Crippen LogP contribution in [0.25, 0.3) is 0 Å². The second-order valence-electron chi connectivity index (χ2n) is 3.65. The number of carbonyl (C=O) groups is 2. The lowest BCUT2D eigenvalue weighted by Gasteiger charge is -2.13. The van der Waals surface area contributed by atoms with Gasteiger partial charge in [0.15, 0.2) is 0 Å². The number of primary amides is 1. The van der Waals surface area contributed by atoms with Gasteiger partial charge in [0.1, 0.15) is 0 Å². The van der Waals surface area contributed by atoms with Crippen LogP contribution in [0.2, 0.25) is 0 Å². The number of hydrogen-bond acceptors (Lipinski definition) is 4. The summed E-state index contributed by atoms with van der Waals surface area (Å²) in [5, 5.41) is 2.55. The van der Waals surface area contributed by atoms with Crippen LogP contribution in [-0.4, -0.2) is 30.4 Å². The molecule has 0 atom stereocenters. The summed E-state index contributed by atoms with van der Waals surface area (Å²) in [5.74, 6) is 0.862. The van der Waals surface area contributed by atoms with Gasteiger partial charge in [0.25, 0.3) is 11.8 Å². The molecule has 0 aromatic heterocycles. The first kappa shape index (κ1) is 15.9. The molecule has 0 heterocycles. The molecular formula is C13H18N2O2S2. The van der Waals surface area contributed by atoms with Crippen molar-refractivity contribution in [1.82, 2.24) is 5.32 Å². The Kier molecular flexibility index (Phi) is 6.24. The lowest BCUT2D eigenvalue weighted by Crippen LogP contribution is -2.24. The van der Waals surface area contributed by atoms with E-state index in [0.29, 0.717) is 11.1 Å². The molecule has 0 saturated heterocycles. The van der Waals surface area contributed by atoms with Gasteiger partial charge in [-0.05, 0) is 23.6 Å². The highest BCUT2D eigenvalue weighted by atomic mass is 32.2. The standard InChI is InChI=1S/C13H18N2O2S2/c1-4-18-8-6-9(13(17)15-3)11(12(14)16)10(7-8)19-5-2/h6-7H,4-5H2,1-3H3,(H2,14,16)(H,15,17). The van der Waals surface area contributed by atoms with Crippen molar-refractivity contribution in [1.29, 1.82) is 0 Å². The normalized spacial score (nSPS) is 10.3. The van der Waals surface area contributed by atoms with E-state index in [1.165, 1.54) is 11.8 Å². The van der Waals surface area contributed by atoms with E-state index >= 15 is 0 Å². The fourth-order valence-electron chi connectivity index (χ4n) is 1.68. The zero-order valence-electron chi connectivity index (χ0n) is 11.3. The molecule has 0 bridgehead atoms. The molecule has 1 aromatic rings. The van der Waals surface area contributed by atoms with Crippen molar-refractivity contribution in [2.45, 2.75) is 23.6 Å². The van der Waals surface area contributed by atoms with E-state index in [-0.39, 0.29) is 5.91 Å². The van der Waals surface area contributed by atoms with Crippen molar-refractivity contribution in [2.75, 3.05) is 18.6 Å². The summed E-state index contributed by atoms with van der Waals surface area (Å²) in [6, 6.07) is 3.65. The summed E-state index contributed by atoms with van der Waals surface area (Å²) in [7, 11) is 1.54. The van der Waals surface area contributed by atoms with Crippen LogP contribution in [0.15, 0.2) is 21.9 Å². The Morgan fingerprint density at radius 2 is 1.84 bits per heavy atom. The Bertz CT molecular complexity index is 490. The summed E-state index contributed by atoms with van der Waals surface area (Å²) in [6.45, 7) is 4.04. The molecule has 0 radical (unpaired) electrons. The lowest BCUT2D eigenvalue weighted by atomic mass is 10.1. The number of nitrogens with one attached hydrogen (secondary N) is 1. The van der Waals surface area contributed by atoms with Gasteiger partial charge in [-0.2, -0.15) is 0 Å². The lowest BCUT2D eigenvalue weighted by molar-refractivity contribution is 0.0941. The van der Waals surface area contributed by atoms with E-state index in [9.17, 15) is 9.59 Å². The molecule has 0 aliphatic heterocycles.